The van der Waals surface area contributed by atoms with Crippen molar-refractivity contribution in [3.63, 3.8) is 0 Å². The maximum atomic E-state index is 13.8. The van der Waals surface area contributed by atoms with Gasteiger partial charge in [-0.25, -0.2) is 4.98 Å². The molecule has 0 bridgehead atoms. The summed E-state index contributed by atoms with van der Waals surface area (Å²) < 4.78 is 47.3. The Labute approximate surface area is 259 Å². The number of anilines is 2. The number of nitrogens with two attached hydrogens (primary N) is 1. The van der Waals surface area contributed by atoms with Crippen LogP contribution in [-0.4, -0.2) is 58.6 Å². The summed E-state index contributed by atoms with van der Waals surface area (Å²) in [4.78, 5) is 33.7. The molecule has 3 heterocycles. The zero-order chi connectivity index (χ0) is 31.6. The first-order valence-electron chi connectivity index (χ1n) is 14.9. The van der Waals surface area contributed by atoms with Gasteiger partial charge in [0.1, 0.15) is 17.4 Å². The maximum absolute atomic E-state index is 13.8. The number of nitriles is 1. The smallest absolute Gasteiger partial charge is 0.419 e. The lowest BCUT2D eigenvalue weighted by Gasteiger charge is -2.43. The molecule has 9 nitrogen and oxygen atoms in total. The Morgan fingerprint density at radius 1 is 1.23 bits per heavy atom. The predicted molar refractivity (Wildman–Crippen MR) is 162 cm³/mol. The number of thiocarbonyl (C=S) groups is 1. The number of rotatable bonds is 10. The van der Waals surface area contributed by atoms with Gasteiger partial charge >= 0.3 is 6.18 Å². The summed E-state index contributed by atoms with van der Waals surface area (Å²) in [6.45, 7) is 5.15. The van der Waals surface area contributed by atoms with Gasteiger partial charge in [0.15, 0.2) is 10.8 Å². The fourth-order valence-corrected chi connectivity index (χ4v) is 6.78. The third-order valence-electron chi connectivity index (χ3n) is 8.98. The van der Waals surface area contributed by atoms with Crippen molar-refractivity contribution in [1.82, 2.24) is 9.88 Å². The van der Waals surface area contributed by atoms with E-state index in [2.05, 4.69) is 9.88 Å². The number of amides is 2. The summed E-state index contributed by atoms with van der Waals surface area (Å²) >= 11 is 5.74. The second-order valence-electron chi connectivity index (χ2n) is 11.6. The van der Waals surface area contributed by atoms with Crippen LogP contribution >= 0.6 is 12.2 Å². The molecule has 1 aromatic heterocycles. The average molecular weight is 629 g/mol. The average Bonchev–Trinajstić information content (AvgIpc) is 3.22. The molecule has 0 atom stereocenters. The van der Waals surface area contributed by atoms with Crippen molar-refractivity contribution in [1.29, 1.82) is 5.26 Å². The van der Waals surface area contributed by atoms with Crippen LogP contribution in [-0.2, 0) is 22.2 Å². The lowest BCUT2D eigenvalue weighted by Crippen LogP contribution is -2.55. The number of primary amides is 1. The molecule has 1 aliphatic carbocycles. The van der Waals surface area contributed by atoms with Gasteiger partial charge in [0, 0.05) is 18.7 Å². The number of carbonyl (C=O) groups is 2. The van der Waals surface area contributed by atoms with Crippen molar-refractivity contribution in [3.05, 3.63) is 47.3 Å². The van der Waals surface area contributed by atoms with E-state index in [1.165, 1.54) is 6.07 Å². The number of piperidine rings is 1. The topological polar surface area (TPSA) is 116 Å². The highest BCUT2D eigenvalue weighted by molar-refractivity contribution is 7.81. The van der Waals surface area contributed by atoms with E-state index in [-0.39, 0.29) is 16.7 Å². The standard InChI is InChI=1S/C31H35F3N6O3S/c1-2-21-16-22(4-5-26(21)43-15-9-20-6-12-38(13-7-20)14-8-27(36)41)40-29(44)39(28(42)30(40)10-3-11-30)23-17-24(31(32,33)34)25(18-35)37-19-23/h4-5,16-17,19-20H,2-3,6-15H2,1H3,(H2,36,41). The van der Waals surface area contributed by atoms with E-state index < -0.39 is 28.9 Å². The normalized spacial score (nSPS) is 18.9. The molecule has 3 fully saturated rings. The SMILES string of the molecule is CCc1cc(N2C(=S)N(c3cnc(C#N)c(C(F)(F)F)c3)C(=O)C23CCC3)ccc1OCCC1CCN(CCC(N)=O)CC1. The molecule has 1 saturated carbocycles. The van der Waals surface area contributed by atoms with E-state index in [1.54, 1.807) is 4.90 Å². The second kappa shape index (κ2) is 12.7. The Hall–Kier alpha value is -3.76. The lowest BCUT2D eigenvalue weighted by atomic mass is 9.75. The molecule has 5 rings (SSSR count). The number of aryl methyl sites for hydroxylation is 1. The number of ether oxygens (including phenoxy) is 1. The molecule has 0 radical (unpaired) electrons. The van der Waals surface area contributed by atoms with E-state index in [0.717, 1.165) is 67.2 Å². The fraction of sp³-hybridized carbons (Fsp3) is 0.516. The van der Waals surface area contributed by atoms with Crippen LogP contribution in [0.5, 0.6) is 5.75 Å². The fourth-order valence-electron chi connectivity index (χ4n) is 6.31. The molecule has 1 spiro atoms. The Morgan fingerprint density at radius 3 is 2.55 bits per heavy atom. The molecule has 2 amide bonds. The van der Waals surface area contributed by atoms with Gasteiger partial charge in [-0.1, -0.05) is 6.92 Å². The van der Waals surface area contributed by atoms with Gasteiger partial charge in [0.05, 0.1) is 24.1 Å². The van der Waals surface area contributed by atoms with Crippen LogP contribution in [0.3, 0.4) is 0 Å². The number of hydrogen-bond acceptors (Lipinski definition) is 7. The van der Waals surface area contributed by atoms with E-state index in [4.69, 9.17) is 28.0 Å². The summed E-state index contributed by atoms with van der Waals surface area (Å²) in [5, 5.41) is 9.22. The predicted octanol–water partition coefficient (Wildman–Crippen LogP) is 4.95. The molecule has 1 aromatic carbocycles. The number of likely N-dealkylation sites (tertiary alicyclic amines) is 1. The molecule has 2 N–H and O–H groups in total. The van der Waals surface area contributed by atoms with Crippen LogP contribution in [0.2, 0.25) is 0 Å². The molecule has 2 aliphatic heterocycles. The van der Waals surface area contributed by atoms with Crippen molar-refractivity contribution >= 4 is 40.5 Å². The van der Waals surface area contributed by atoms with Crippen molar-refractivity contribution in [2.24, 2.45) is 11.7 Å². The van der Waals surface area contributed by atoms with Crippen LogP contribution in [0.15, 0.2) is 30.5 Å². The Morgan fingerprint density at radius 2 is 1.95 bits per heavy atom. The second-order valence-corrected chi connectivity index (χ2v) is 12.0. The Kier molecular flexibility index (Phi) is 9.13. The third-order valence-corrected chi connectivity index (χ3v) is 9.35. The summed E-state index contributed by atoms with van der Waals surface area (Å²) in [6, 6.07) is 7.89. The number of benzene rings is 1. The van der Waals surface area contributed by atoms with Crippen LogP contribution in [0.1, 0.15) is 68.7 Å². The number of hydrogen-bond donors (Lipinski definition) is 1. The molecule has 234 valence electrons. The van der Waals surface area contributed by atoms with Crippen molar-refractivity contribution in [2.45, 2.75) is 70.0 Å². The highest BCUT2D eigenvalue weighted by atomic mass is 32.1. The summed E-state index contributed by atoms with van der Waals surface area (Å²) in [7, 11) is 0. The van der Waals surface area contributed by atoms with E-state index in [0.29, 0.717) is 50.4 Å². The minimum Gasteiger partial charge on any atom is -0.493 e. The molecule has 2 aromatic rings. The summed E-state index contributed by atoms with van der Waals surface area (Å²) in [5.74, 6) is 0.612. The van der Waals surface area contributed by atoms with Crippen molar-refractivity contribution in [3.8, 4) is 11.8 Å². The zero-order valence-electron chi connectivity index (χ0n) is 24.5. The maximum Gasteiger partial charge on any atom is 0.419 e. The van der Waals surface area contributed by atoms with Gasteiger partial charge in [-0.15, -0.1) is 0 Å². The number of nitrogens with zero attached hydrogens (tertiary/aromatic N) is 5. The molecule has 3 aliphatic rings. The van der Waals surface area contributed by atoms with Crippen molar-refractivity contribution < 1.29 is 27.5 Å². The number of carbonyl (C=O) groups excluding carboxylic acids is 2. The van der Waals surface area contributed by atoms with E-state index in [9.17, 15) is 22.8 Å². The quantitative estimate of drug-likeness (QED) is 0.368. The van der Waals surface area contributed by atoms with Gasteiger partial charge in [0.2, 0.25) is 5.91 Å². The molecular formula is C31H35F3N6O3S. The number of halogens is 3. The van der Waals surface area contributed by atoms with Gasteiger partial charge in [-0.2, -0.15) is 18.4 Å². The number of pyridine rings is 1. The van der Waals surface area contributed by atoms with Gasteiger partial charge < -0.3 is 20.3 Å². The Balaban J connectivity index is 1.30. The number of aromatic nitrogens is 1. The Bertz CT molecular complexity index is 1480. The lowest BCUT2D eigenvalue weighted by molar-refractivity contribution is -0.138. The molecular weight excluding hydrogens is 593 g/mol. The van der Waals surface area contributed by atoms with Crippen LogP contribution in [0.25, 0.3) is 0 Å². The molecule has 44 heavy (non-hydrogen) atoms. The highest BCUT2D eigenvalue weighted by Gasteiger charge is 2.59. The van der Waals surface area contributed by atoms with Gasteiger partial charge in [-0.3, -0.25) is 14.5 Å². The highest BCUT2D eigenvalue weighted by Crippen LogP contribution is 2.48. The van der Waals surface area contributed by atoms with Gasteiger partial charge in [-0.05, 0) is 106 Å². The summed E-state index contributed by atoms with van der Waals surface area (Å²) in [5.41, 5.74) is 3.81. The first kappa shape index (κ1) is 31.7. The molecule has 2 saturated heterocycles. The minimum absolute atomic E-state index is 0.0761. The van der Waals surface area contributed by atoms with Gasteiger partial charge in [0.25, 0.3) is 5.91 Å². The third kappa shape index (κ3) is 6.10. The van der Waals surface area contributed by atoms with Crippen LogP contribution in [0, 0.1) is 17.2 Å². The van der Waals surface area contributed by atoms with E-state index in [1.807, 2.05) is 25.1 Å². The monoisotopic (exact) mass is 628 g/mol. The van der Waals surface area contributed by atoms with Crippen LogP contribution < -0.4 is 20.3 Å². The van der Waals surface area contributed by atoms with Crippen LogP contribution in [0.4, 0.5) is 24.5 Å². The largest absolute Gasteiger partial charge is 0.493 e. The minimum atomic E-state index is -4.82. The molecule has 0 unspecified atom stereocenters. The van der Waals surface area contributed by atoms with E-state index >= 15 is 0 Å². The first-order valence-corrected chi connectivity index (χ1v) is 15.3. The number of alkyl halides is 3. The zero-order valence-corrected chi connectivity index (χ0v) is 25.3. The first-order chi connectivity index (χ1) is 21.0. The summed E-state index contributed by atoms with van der Waals surface area (Å²) in [6.07, 6.45) is 2.12. The molecule has 13 heteroatoms. The van der Waals surface area contributed by atoms with Crippen molar-refractivity contribution in [2.75, 3.05) is 36.0 Å².